The minimum Gasteiger partial charge on any atom is -0.497 e. The van der Waals surface area contributed by atoms with Crippen LogP contribution >= 0.6 is 23.5 Å². The van der Waals surface area contributed by atoms with Crippen molar-refractivity contribution in [3.63, 3.8) is 0 Å². The molecular weight excluding hydrogens is 352 g/mol. The van der Waals surface area contributed by atoms with Gasteiger partial charge in [-0.05, 0) is 53.3 Å². The normalized spacial score (nSPS) is 14.8. The number of benzene rings is 2. The number of urea groups is 1. The molecule has 1 saturated heterocycles. The van der Waals surface area contributed by atoms with Crippen LogP contribution in [0.15, 0.2) is 48.5 Å². The van der Waals surface area contributed by atoms with Gasteiger partial charge in [0, 0.05) is 12.2 Å². The molecule has 1 heterocycles. The average Bonchev–Trinajstić information content (AvgIpc) is 2.67. The van der Waals surface area contributed by atoms with Crippen LogP contribution in [0.3, 0.4) is 0 Å². The Morgan fingerprint density at radius 3 is 2.76 bits per heavy atom. The Balaban J connectivity index is 1.55. The summed E-state index contributed by atoms with van der Waals surface area (Å²) in [5, 5.41) is 5.80. The Morgan fingerprint density at radius 2 is 1.96 bits per heavy atom. The minimum absolute atomic E-state index is 0.205. The molecule has 0 saturated carbocycles. The third-order valence-electron chi connectivity index (χ3n) is 3.83. The van der Waals surface area contributed by atoms with Crippen LogP contribution in [0.5, 0.6) is 5.75 Å². The molecule has 4 nitrogen and oxygen atoms in total. The number of amides is 2. The summed E-state index contributed by atoms with van der Waals surface area (Å²) in [6, 6.07) is 15.6. The van der Waals surface area contributed by atoms with Gasteiger partial charge in [-0.3, -0.25) is 0 Å². The maximum atomic E-state index is 12.2. The van der Waals surface area contributed by atoms with Gasteiger partial charge < -0.3 is 15.4 Å². The molecule has 132 valence electrons. The zero-order chi connectivity index (χ0) is 17.5. The van der Waals surface area contributed by atoms with Gasteiger partial charge in [0.25, 0.3) is 0 Å². The molecule has 2 aromatic carbocycles. The molecule has 0 unspecified atom stereocenters. The third-order valence-corrected chi connectivity index (χ3v) is 6.85. The molecule has 3 rings (SSSR count). The number of ether oxygens (including phenoxy) is 1. The van der Waals surface area contributed by atoms with Gasteiger partial charge in [0.15, 0.2) is 0 Å². The first kappa shape index (κ1) is 18.0. The smallest absolute Gasteiger partial charge is 0.319 e. The second-order valence-corrected chi connectivity index (χ2v) is 8.44. The fourth-order valence-corrected chi connectivity index (χ4v) is 5.46. The number of nitrogens with one attached hydrogen (secondary N) is 2. The van der Waals surface area contributed by atoms with E-state index in [-0.39, 0.29) is 6.03 Å². The number of hydrogen-bond acceptors (Lipinski definition) is 4. The first-order chi connectivity index (χ1) is 12.2. The lowest BCUT2D eigenvalue weighted by Gasteiger charge is -2.21. The van der Waals surface area contributed by atoms with Crippen molar-refractivity contribution in [1.82, 2.24) is 5.32 Å². The molecule has 0 atom stereocenters. The molecule has 2 N–H and O–H groups in total. The second-order valence-electron chi connectivity index (χ2n) is 5.71. The van der Waals surface area contributed by atoms with E-state index in [9.17, 15) is 4.79 Å². The number of thioether (sulfide) groups is 2. The fraction of sp³-hybridized carbons (Fsp3) is 0.316. The standard InChI is InChI=1S/C19H22N2O2S2/c1-23-17-8-2-5-14(11-17)13-20-19(22)21-16-7-3-6-15(12-16)18-24-9-4-10-25-18/h2-3,5-8,11-12,18H,4,9-10,13H2,1H3,(H2,20,21,22). The van der Waals surface area contributed by atoms with Crippen molar-refractivity contribution in [3.8, 4) is 5.75 Å². The number of carbonyl (C=O) groups excluding carboxylic acids is 1. The van der Waals surface area contributed by atoms with Crippen LogP contribution in [0.4, 0.5) is 10.5 Å². The van der Waals surface area contributed by atoms with Crippen LogP contribution in [-0.2, 0) is 6.54 Å². The lowest BCUT2D eigenvalue weighted by atomic mass is 10.2. The van der Waals surface area contributed by atoms with Crippen molar-refractivity contribution in [2.24, 2.45) is 0 Å². The summed E-state index contributed by atoms with van der Waals surface area (Å²) in [5.74, 6) is 3.20. The molecule has 0 aromatic heterocycles. The highest BCUT2D eigenvalue weighted by Gasteiger charge is 2.16. The van der Waals surface area contributed by atoms with Crippen molar-refractivity contribution >= 4 is 35.2 Å². The number of hydrogen-bond donors (Lipinski definition) is 2. The highest BCUT2D eigenvalue weighted by atomic mass is 32.2. The van der Waals surface area contributed by atoms with Crippen molar-refractivity contribution in [3.05, 3.63) is 59.7 Å². The summed E-state index contributed by atoms with van der Waals surface area (Å²) in [7, 11) is 1.63. The van der Waals surface area contributed by atoms with Gasteiger partial charge in [-0.1, -0.05) is 24.3 Å². The van der Waals surface area contributed by atoms with Gasteiger partial charge in [-0.15, -0.1) is 23.5 Å². The Labute approximate surface area is 157 Å². The number of anilines is 1. The fourth-order valence-electron chi connectivity index (χ4n) is 2.58. The van der Waals surface area contributed by atoms with Gasteiger partial charge in [0.1, 0.15) is 5.75 Å². The predicted molar refractivity (Wildman–Crippen MR) is 108 cm³/mol. The van der Waals surface area contributed by atoms with Gasteiger partial charge >= 0.3 is 6.03 Å². The van der Waals surface area contributed by atoms with E-state index in [0.29, 0.717) is 11.1 Å². The summed E-state index contributed by atoms with van der Waals surface area (Å²) in [6.07, 6.45) is 1.27. The van der Waals surface area contributed by atoms with E-state index < -0.39 is 0 Å². The van der Waals surface area contributed by atoms with Crippen molar-refractivity contribution < 1.29 is 9.53 Å². The van der Waals surface area contributed by atoms with Gasteiger partial charge in [-0.2, -0.15) is 0 Å². The Morgan fingerprint density at radius 1 is 1.16 bits per heavy atom. The maximum absolute atomic E-state index is 12.2. The van der Waals surface area contributed by atoms with Crippen LogP contribution in [0.25, 0.3) is 0 Å². The van der Waals surface area contributed by atoms with Crippen LogP contribution in [0.1, 0.15) is 22.1 Å². The summed E-state index contributed by atoms with van der Waals surface area (Å²) in [4.78, 5) is 12.2. The monoisotopic (exact) mass is 374 g/mol. The number of rotatable bonds is 5. The van der Waals surface area contributed by atoms with Crippen LogP contribution in [0, 0.1) is 0 Å². The molecule has 6 heteroatoms. The highest BCUT2D eigenvalue weighted by molar-refractivity contribution is 8.16. The van der Waals surface area contributed by atoms with E-state index in [1.165, 1.54) is 23.5 Å². The molecule has 25 heavy (non-hydrogen) atoms. The molecule has 0 aliphatic carbocycles. The maximum Gasteiger partial charge on any atom is 0.319 e. The first-order valence-electron chi connectivity index (χ1n) is 8.25. The van der Waals surface area contributed by atoms with Gasteiger partial charge in [-0.25, -0.2) is 4.79 Å². The summed E-state index contributed by atoms with van der Waals surface area (Å²) < 4.78 is 5.66. The van der Waals surface area contributed by atoms with Crippen molar-refractivity contribution in [1.29, 1.82) is 0 Å². The van der Waals surface area contributed by atoms with E-state index in [1.807, 2.05) is 59.9 Å². The average molecular weight is 375 g/mol. The lowest BCUT2D eigenvalue weighted by molar-refractivity contribution is 0.251. The van der Waals surface area contributed by atoms with E-state index in [4.69, 9.17) is 4.74 Å². The molecule has 1 fully saturated rings. The highest BCUT2D eigenvalue weighted by Crippen LogP contribution is 2.43. The largest absolute Gasteiger partial charge is 0.497 e. The molecule has 0 spiro atoms. The Hall–Kier alpha value is -1.79. The van der Waals surface area contributed by atoms with Gasteiger partial charge in [0.2, 0.25) is 0 Å². The second kappa shape index (κ2) is 9.06. The van der Waals surface area contributed by atoms with Crippen LogP contribution < -0.4 is 15.4 Å². The Bertz CT molecular complexity index is 718. The predicted octanol–water partition coefficient (Wildman–Crippen LogP) is 4.89. The third kappa shape index (κ3) is 5.34. The molecule has 0 bridgehead atoms. The first-order valence-corrected chi connectivity index (χ1v) is 10.4. The van der Waals surface area contributed by atoms with Crippen LogP contribution in [-0.4, -0.2) is 24.6 Å². The molecule has 2 aromatic rings. The molecule has 1 aliphatic heterocycles. The number of methoxy groups -OCH3 is 1. The zero-order valence-electron chi connectivity index (χ0n) is 14.2. The van der Waals surface area contributed by atoms with E-state index in [1.54, 1.807) is 7.11 Å². The zero-order valence-corrected chi connectivity index (χ0v) is 15.8. The molecule has 0 radical (unpaired) electrons. The molecule has 1 aliphatic rings. The van der Waals surface area contributed by atoms with Crippen LogP contribution in [0.2, 0.25) is 0 Å². The van der Waals surface area contributed by atoms with E-state index >= 15 is 0 Å². The van der Waals surface area contributed by atoms with Crippen molar-refractivity contribution in [2.45, 2.75) is 17.5 Å². The summed E-state index contributed by atoms with van der Waals surface area (Å²) in [5.41, 5.74) is 3.09. The Kier molecular flexibility index (Phi) is 6.53. The molecular formula is C19H22N2O2S2. The molecule has 2 amide bonds. The minimum atomic E-state index is -0.205. The SMILES string of the molecule is COc1cccc(CNC(=O)Nc2cccc(C3SCCCS3)c2)c1. The lowest BCUT2D eigenvalue weighted by Crippen LogP contribution is -2.28. The quantitative estimate of drug-likeness (QED) is 0.783. The topological polar surface area (TPSA) is 50.4 Å². The van der Waals surface area contributed by atoms with E-state index in [0.717, 1.165) is 17.0 Å². The number of carbonyl (C=O) groups is 1. The van der Waals surface area contributed by atoms with Crippen molar-refractivity contribution in [2.75, 3.05) is 23.9 Å². The summed E-state index contributed by atoms with van der Waals surface area (Å²) >= 11 is 3.96. The summed E-state index contributed by atoms with van der Waals surface area (Å²) in [6.45, 7) is 0.455. The van der Waals surface area contributed by atoms with E-state index in [2.05, 4.69) is 22.8 Å². The van der Waals surface area contributed by atoms with Gasteiger partial charge in [0.05, 0.1) is 11.7 Å².